The van der Waals surface area contributed by atoms with Crippen molar-refractivity contribution in [2.24, 2.45) is 5.73 Å². The highest BCUT2D eigenvalue weighted by atomic mass is 35.5. The summed E-state index contributed by atoms with van der Waals surface area (Å²) in [5.74, 6) is -2.01. The number of carbonyl (C=O) groups excluding carboxylic acids is 2. The van der Waals surface area contributed by atoms with Crippen molar-refractivity contribution >= 4 is 51.8 Å². The maximum Gasteiger partial charge on any atom is 0.417 e. The largest absolute Gasteiger partial charge is 0.478 e. The van der Waals surface area contributed by atoms with Crippen LogP contribution < -0.4 is 16.4 Å². The molecule has 3 aromatic carbocycles. The Hall–Kier alpha value is -4.51. The Morgan fingerprint density at radius 3 is 2.17 bits per heavy atom. The van der Waals surface area contributed by atoms with Gasteiger partial charge in [-0.1, -0.05) is 17.7 Å². The number of benzene rings is 3. The fourth-order valence-corrected chi connectivity index (χ4v) is 3.91. The fourth-order valence-electron chi connectivity index (χ4n) is 3.68. The number of nitrogens with two attached hydrogens (primary N) is 1. The van der Waals surface area contributed by atoms with Crippen LogP contribution in [0.15, 0.2) is 66.9 Å². The van der Waals surface area contributed by atoms with Gasteiger partial charge in [0.1, 0.15) is 0 Å². The molecule has 0 unspecified atom stereocenters. The van der Waals surface area contributed by atoms with Crippen molar-refractivity contribution in [3.8, 4) is 5.69 Å². The third-order valence-corrected chi connectivity index (χ3v) is 5.59. The van der Waals surface area contributed by atoms with Crippen LogP contribution in [-0.2, 0) is 6.18 Å². The highest BCUT2D eigenvalue weighted by Gasteiger charge is 2.33. The number of primary amides is 1. The van der Waals surface area contributed by atoms with E-state index >= 15 is 0 Å². The van der Waals surface area contributed by atoms with Gasteiger partial charge in [0.05, 0.1) is 27.2 Å². The zero-order valence-electron chi connectivity index (χ0n) is 18.1. The van der Waals surface area contributed by atoms with Gasteiger partial charge < -0.3 is 26.0 Å². The number of carboxylic acids is 1. The van der Waals surface area contributed by atoms with E-state index in [1.165, 1.54) is 36.5 Å². The highest BCUT2D eigenvalue weighted by Crippen LogP contribution is 2.36. The van der Waals surface area contributed by atoms with Gasteiger partial charge in [-0.05, 0) is 54.6 Å². The van der Waals surface area contributed by atoms with Crippen molar-refractivity contribution < 1.29 is 32.7 Å². The Labute approximate surface area is 206 Å². The molecule has 0 fully saturated rings. The van der Waals surface area contributed by atoms with E-state index in [-0.39, 0.29) is 22.2 Å². The van der Waals surface area contributed by atoms with Gasteiger partial charge in [-0.2, -0.15) is 13.2 Å². The molecule has 0 bridgehead atoms. The van der Waals surface area contributed by atoms with Crippen LogP contribution in [0.5, 0.6) is 0 Å². The monoisotopic (exact) mass is 516 g/mol. The number of nitrogens with zero attached hydrogens (tertiary/aromatic N) is 1. The molecule has 1 aromatic heterocycles. The van der Waals surface area contributed by atoms with E-state index in [0.29, 0.717) is 16.9 Å². The number of halogens is 4. The first kappa shape index (κ1) is 24.6. The molecule has 0 saturated heterocycles. The van der Waals surface area contributed by atoms with Gasteiger partial charge in [-0.3, -0.25) is 4.79 Å². The summed E-state index contributed by atoms with van der Waals surface area (Å²) in [7, 11) is 0. The standard InChI is InChI=1S/C24H16ClF3N4O4/c25-18-9-6-13(10-17(18)24(26,27)28)31-23(36)30-12-4-7-14(8-5-12)32-11-16(21(29)33)20-15(22(34)35)2-1-3-19(20)32/h1-11H,(H2,29,33)(H,34,35)(H2,30,31,36). The van der Waals surface area contributed by atoms with Crippen molar-refractivity contribution in [1.29, 1.82) is 0 Å². The van der Waals surface area contributed by atoms with Crippen LogP contribution in [0.25, 0.3) is 16.6 Å². The number of nitrogens with one attached hydrogen (secondary N) is 2. The van der Waals surface area contributed by atoms with Gasteiger partial charge in [0.15, 0.2) is 0 Å². The van der Waals surface area contributed by atoms with Crippen LogP contribution in [0.4, 0.5) is 29.3 Å². The lowest BCUT2D eigenvalue weighted by Gasteiger charge is -2.13. The van der Waals surface area contributed by atoms with Crippen molar-refractivity contribution in [2.75, 3.05) is 10.6 Å². The summed E-state index contributed by atoms with van der Waals surface area (Å²) in [6.07, 6.45) is -3.25. The first-order chi connectivity index (χ1) is 17.0. The van der Waals surface area contributed by atoms with E-state index in [1.54, 1.807) is 22.8 Å². The van der Waals surface area contributed by atoms with Crippen LogP contribution in [0, 0.1) is 0 Å². The van der Waals surface area contributed by atoms with Crippen LogP contribution in [0.3, 0.4) is 0 Å². The Kier molecular flexibility index (Phi) is 6.34. The number of rotatable bonds is 5. The lowest BCUT2D eigenvalue weighted by atomic mass is 10.1. The lowest BCUT2D eigenvalue weighted by Crippen LogP contribution is -2.20. The zero-order chi connectivity index (χ0) is 26.2. The molecule has 8 nitrogen and oxygen atoms in total. The van der Waals surface area contributed by atoms with Crippen molar-refractivity contribution in [3.63, 3.8) is 0 Å². The molecule has 4 rings (SSSR count). The lowest BCUT2D eigenvalue weighted by molar-refractivity contribution is -0.137. The molecule has 0 radical (unpaired) electrons. The number of carbonyl (C=O) groups is 3. The molecule has 3 amide bonds. The van der Waals surface area contributed by atoms with Crippen LogP contribution in [0.2, 0.25) is 5.02 Å². The number of fused-ring (bicyclic) bond motifs is 1. The van der Waals surface area contributed by atoms with Gasteiger partial charge in [0.25, 0.3) is 5.91 Å². The summed E-state index contributed by atoms with van der Waals surface area (Å²) in [6.45, 7) is 0. The fraction of sp³-hybridized carbons (Fsp3) is 0.0417. The number of anilines is 2. The normalized spacial score (nSPS) is 11.3. The van der Waals surface area contributed by atoms with Crippen molar-refractivity contribution in [2.45, 2.75) is 6.18 Å². The summed E-state index contributed by atoms with van der Waals surface area (Å²) in [5.41, 5.74) is 5.52. The van der Waals surface area contributed by atoms with Crippen LogP contribution in [0.1, 0.15) is 26.3 Å². The Balaban J connectivity index is 1.57. The number of aromatic carboxylic acids is 1. The second-order valence-electron chi connectivity index (χ2n) is 7.60. The number of alkyl halides is 3. The van der Waals surface area contributed by atoms with E-state index in [9.17, 15) is 32.7 Å². The van der Waals surface area contributed by atoms with Crippen molar-refractivity contribution in [3.05, 3.63) is 88.6 Å². The summed E-state index contributed by atoms with van der Waals surface area (Å²) < 4.78 is 40.7. The Bertz CT molecular complexity index is 1510. The third-order valence-electron chi connectivity index (χ3n) is 5.26. The first-order valence-electron chi connectivity index (χ1n) is 10.2. The molecular formula is C24H16ClF3N4O4. The van der Waals surface area contributed by atoms with Gasteiger partial charge in [-0.15, -0.1) is 0 Å². The minimum Gasteiger partial charge on any atom is -0.478 e. The van der Waals surface area contributed by atoms with Crippen LogP contribution >= 0.6 is 11.6 Å². The Morgan fingerprint density at radius 1 is 0.917 bits per heavy atom. The number of amides is 3. The van der Waals surface area contributed by atoms with E-state index in [1.807, 2.05) is 0 Å². The average molecular weight is 517 g/mol. The molecule has 12 heteroatoms. The smallest absolute Gasteiger partial charge is 0.417 e. The molecule has 4 aromatic rings. The van der Waals surface area contributed by atoms with E-state index in [4.69, 9.17) is 17.3 Å². The quantitative estimate of drug-likeness (QED) is 0.269. The number of hydrogen-bond acceptors (Lipinski definition) is 3. The van der Waals surface area contributed by atoms with Gasteiger partial charge in [-0.25, -0.2) is 9.59 Å². The molecule has 0 saturated carbocycles. The molecule has 184 valence electrons. The summed E-state index contributed by atoms with van der Waals surface area (Å²) in [6, 6.07) is 13.0. The minimum absolute atomic E-state index is 0.0331. The van der Waals surface area contributed by atoms with Gasteiger partial charge >= 0.3 is 18.2 Å². The number of carboxylic acid groups (broad SMARTS) is 1. The average Bonchev–Trinajstić information content (AvgIpc) is 3.20. The predicted octanol–water partition coefficient (Wildman–Crippen LogP) is 5.74. The SMILES string of the molecule is NC(=O)c1cn(-c2ccc(NC(=O)Nc3ccc(Cl)c(C(F)(F)F)c3)cc2)c2cccc(C(=O)O)c12. The molecule has 0 aliphatic rings. The number of urea groups is 1. The second kappa shape index (κ2) is 9.27. The minimum atomic E-state index is -4.68. The van der Waals surface area contributed by atoms with E-state index < -0.39 is 34.7 Å². The molecule has 5 N–H and O–H groups in total. The molecule has 0 atom stereocenters. The summed E-state index contributed by atoms with van der Waals surface area (Å²) in [4.78, 5) is 35.9. The van der Waals surface area contributed by atoms with Crippen LogP contribution in [-0.4, -0.2) is 27.6 Å². The predicted molar refractivity (Wildman–Crippen MR) is 128 cm³/mol. The molecular weight excluding hydrogens is 501 g/mol. The van der Waals surface area contributed by atoms with Crippen molar-refractivity contribution in [1.82, 2.24) is 4.57 Å². The first-order valence-corrected chi connectivity index (χ1v) is 10.6. The maximum absolute atomic E-state index is 13.0. The molecule has 1 heterocycles. The molecule has 0 aliphatic carbocycles. The highest BCUT2D eigenvalue weighted by molar-refractivity contribution is 6.31. The summed E-state index contributed by atoms with van der Waals surface area (Å²) in [5, 5.41) is 14.0. The third kappa shape index (κ3) is 4.82. The van der Waals surface area contributed by atoms with Gasteiger partial charge in [0, 0.05) is 28.6 Å². The molecule has 0 aliphatic heterocycles. The number of hydrogen-bond donors (Lipinski definition) is 4. The van der Waals surface area contributed by atoms with Gasteiger partial charge in [0.2, 0.25) is 0 Å². The molecule has 0 spiro atoms. The maximum atomic E-state index is 13.0. The summed E-state index contributed by atoms with van der Waals surface area (Å²) >= 11 is 5.59. The van der Waals surface area contributed by atoms with E-state index in [0.717, 1.165) is 12.1 Å². The Morgan fingerprint density at radius 2 is 1.56 bits per heavy atom. The van der Waals surface area contributed by atoms with E-state index in [2.05, 4.69) is 10.6 Å². The second-order valence-corrected chi connectivity index (χ2v) is 8.01. The number of aromatic nitrogens is 1. The molecule has 36 heavy (non-hydrogen) atoms. The topological polar surface area (TPSA) is 126 Å². The zero-order valence-corrected chi connectivity index (χ0v) is 18.8.